The monoisotopic (exact) mass is 300 g/mol. The summed E-state index contributed by atoms with van der Waals surface area (Å²) in [5, 5.41) is 19.8. The van der Waals surface area contributed by atoms with Gasteiger partial charge in [0, 0.05) is 11.8 Å². The maximum atomic E-state index is 10.9. The molecule has 0 aliphatic heterocycles. The second-order valence-corrected chi connectivity index (χ2v) is 5.17. The highest BCUT2D eigenvalue weighted by molar-refractivity contribution is 7.99. The molecule has 0 saturated carbocycles. The summed E-state index contributed by atoms with van der Waals surface area (Å²) >= 11 is 1.36. The van der Waals surface area contributed by atoms with Gasteiger partial charge >= 0.3 is 0 Å². The number of para-hydroxylation sites is 2. The van der Waals surface area contributed by atoms with Gasteiger partial charge in [-0.05, 0) is 18.2 Å². The molecule has 0 aromatic heterocycles. The van der Waals surface area contributed by atoms with E-state index in [1.165, 1.54) is 17.8 Å². The third-order valence-corrected chi connectivity index (χ3v) is 3.69. The lowest BCUT2D eigenvalue weighted by molar-refractivity contribution is -0.387. The van der Waals surface area contributed by atoms with Gasteiger partial charge < -0.3 is 4.74 Å². The third kappa shape index (κ3) is 3.97. The number of hydrogen-bond acceptors (Lipinski definition) is 5. The van der Waals surface area contributed by atoms with E-state index in [1.807, 2.05) is 0 Å². The van der Waals surface area contributed by atoms with Gasteiger partial charge in [0.1, 0.15) is 11.8 Å². The summed E-state index contributed by atoms with van der Waals surface area (Å²) in [5.41, 5.74) is 0.577. The van der Waals surface area contributed by atoms with Crippen molar-refractivity contribution in [2.24, 2.45) is 0 Å². The Bertz CT molecular complexity index is 683. The minimum atomic E-state index is -0.395. The van der Waals surface area contributed by atoms with Crippen LogP contribution in [0.5, 0.6) is 5.75 Å². The first kappa shape index (κ1) is 14.9. The molecule has 0 aliphatic carbocycles. The molecule has 0 radical (unpaired) electrons. The second-order valence-electron chi connectivity index (χ2n) is 4.03. The average molecular weight is 300 g/mol. The number of nitro groups is 1. The molecule has 0 heterocycles. The van der Waals surface area contributed by atoms with Crippen molar-refractivity contribution in [3.05, 3.63) is 64.2 Å². The number of rotatable bonds is 6. The molecule has 0 bridgehead atoms. The summed E-state index contributed by atoms with van der Waals surface area (Å²) in [6.07, 6.45) is 0. The summed E-state index contributed by atoms with van der Waals surface area (Å²) < 4.78 is 5.54. The quantitative estimate of drug-likeness (QED) is 0.352. The summed E-state index contributed by atoms with van der Waals surface area (Å²) in [6, 6.07) is 15.6. The van der Waals surface area contributed by atoms with Gasteiger partial charge in [-0.2, -0.15) is 5.26 Å². The normalized spacial score (nSPS) is 9.86. The van der Waals surface area contributed by atoms with E-state index < -0.39 is 4.92 Å². The minimum Gasteiger partial charge on any atom is -0.491 e. The molecule has 2 aromatic rings. The van der Waals surface area contributed by atoms with Crippen LogP contribution in [-0.2, 0) is 0 Å². The van der Waals surface area contributed by atoms with Crippen LogP contribution in [0.2, 0.25) is 0 Å². The Balaban J connectivity index is 1.91. The lowest BCUT2D eigenvalue weighted by Crippen LogP contribution is -2.02. The predicted molar refractivity (Wildman–Crippen MR) is 80.5 cm³/mol. The van der Waals surface area contributed by atoms with Gasteiger partial charge in [0.25, 0.3) is 5.69 Å². The fraction of sp³-hybridized carbons (Fsp3) is 0.133. The topological polar surface area (TPSA) is 76.2 Å². The van der Waals surface area contributed by atoms with E-state index in [-0.39, 0.29) is 5.69 Å². The number of nitro benzene ring substituents is 1. The van der Waals surface area contributed by atoms with Crippen LogP contribution in [0.3, 0.4) is 0 Å². The van der Waals surface area contributed by atoms with Gasteiger partial charge in [0.15, 0.2) is 0 Å². The molecule has 21 heavy (non-hydrogen) atoms. The Kier molecular flexibility index (Phi) is 5.18. The van der Waals surface area contributed by atoms with Crippen molar-refractivity contribution in [2.45, 2.75) is 4.90 Å². The molecule has 2 aromatic carbocycles. The van der Waals surface area contributed by atoms with Crippen LogP contribution in [-0.4, -0.2) is 17.3 Å². The average Bonchev–Trinajstić information content (AvgIpc) is 2.52. The highest BCUT2D eigenvalue weighted by atomic mass is 32.2. The SMILES string of the molecule is N#Cc1ccccc1OCCSc1ccccc1[N+](=O)[O-]. The van der Waals surface area contributed by atoms with Crippen LogP contribution in [0, 0.1) is 21.4 Å². The fourth-order valence-corrected chi connectivity index (χ4v) is 2.57. The summed E-state index contributed by atoms with van der Waals surface area (Å²) in [5.74, 6) is 1.09. The summed E-state index contributed by atoms with van der Waals surface area (Å²) in [7, 11) is 0. The zero-order valence-corrected chi connectivity index (χ0v) is 11.9. The third-order valence-electron chi connectivity index (χ3n) is 2.67. The highest BCUT2D eigenvalue weighted by Gasteiger charge is 2.12. The van der Waals surface area contributed by atoms with E-state index >= 15 is 0 Å². The summed E-state index contributed by atoms with van der Waals surface area (Å²) in [4.78, 5) is 11.1. The number of thioether (sulfide) groups is 1. The van der Waals surface area contributed by atoms with Crippen LogP contribution < -0.4 is 4.74 Å². The van der Waals surface area contributed by atoms with Crippen molar-refractivity contribution in [3.8, 4) is 11.8 Å². The number of hydrogen-bond donors (Lipinski definition) is 0. The Hall–Kier alpha value is -2.52. The van der Waals surface area contributed by atoms with Crippen LogP contribution in [0.25, 0.3) is 0 Å². The molecule has 0 fully saturated rings. The molecule has 5 nitrogen and oxygen atoms in total. The molecule has 106 valence electrons. The van der Waals surface area contributed by atoms with Gasteiger partial charge in [-0.25, -0.2) is 0 Å². The van der Waals surface area contributed by atoms with Gasteiger partial charge in [-0.1, -0.05) is 24.3 Å². The van der Waals surface area contributed by atoms with Crippen molar-refractivity contribution in [2.75, 3.05) is 12.4 Å². The Labute approximate surface area is 126 Å². The maximum Gasteiger partial charge on any atom is 0.282 e. The highest BCUT2D eigenvalue weighted by Crippen LogP contribution is 2.28. The van der Waals surface area contributed by atoms with E-state index in [0.29, 0.717) is 28.6 Å². The van der Waals surface area contributed by atoms with Crippen molar-refractivity contribution < 1.29 is 9.66 Å². The largest absolute Gasteiger partial charge is 0.491 e. The Morgan fingerprint density at radius 1 is 1.19 bits per heavy atom. The molecule has 0 unspecified atom stereocenters. The van der Waals surface area contributed by atoms with Gasteiger partial charge in [-0.15, -0.1) is 11.8 Å². The zero-order chi connectivity index (χ0) is 15.1. The summed E-state index contributed by atoms with van der Waals surface area (Å²) in [6.45, 7) is 0.370. The van der Waals surface area contributed by atoms with E-state index in [9.17, 15) is 10.1 Å². The molecular formula is C15H12N2O3S. The van der Waals surface area contributed by atoms with Crippen molar-refractivity contribution in [1.82, 2.24) is 0 Å². The van der Waals surface area contributed by atoms with Gasteiger partial charge in [-0.3, -0.25) is 10.1 Å². The van der Waals surface area contributed by atoms with Gasteiger partial charge in [0.05, 0.1) is 22.0 Å². The standard InChI is InChI=1S/C15H12N2O3S/c16-11-12-5-1-3-7-14(12)20-9-10-21-15-8-4-2-6-13(15)17(18)19/h1-8H,9-10H2. The van der Waals surface area contributed by atoms with E-state index in [0.717, 1.165) is 0 Å². The lowest BCUT2D eigenvalue weighted by Gasteiger charge is -2.07. The molecule has 0 atom stereocenters. The van der Waals surface area contributed by atoms with Crippen LogP contribution >= 0.6 is 11.8 Å². The Morgan fingerprint density at radius 2 is 1.90 bits per heavy atom. The molecule has 0 saturated heterocycles. The first-order valence-electron chi connectivity index (χ1n) is 6.20. The Morgan fingerprint density at radius 3 is 2.67 bits per heavy atom. The first-order valence-corrected chi connectivity index (χ1v) is 7.19. The number of ether oxygens (including phenoxy) is 1. The lowest BCUT2D eigenvalue weighted by atomic mass is 10.2. The fourth-order valence-electron chi connectivity index (χ4n) is 1.72. The van der Waals surface area contributed by atoms with Crippen molar-refractivity contribution >= 4 is 17.4 Å². The first-order chi connectivity index (χ1) is 10.2. The molecule has 6 heteroatoms. The second kappa shape index (κ2) is 7.31. The molecule has 0 N–H and O–H groups in total. The van der Waals surface area contributed by atoms with E-state index in [1.54, 1.807) is 42.5 Å². The molecule has 0 amide bonds. The van der Waals surface area contributed by atoms with E-state index in [2.05, 4.69) is 6.07 Å². The zero-order valence-electron chi connectivity index (χ0n) is 11.1. The molecule has 0 aliphatic rings. The number of nitriles is 1. The van der Waals surface area contributed by atoms with Crippen LogP contribution in [0.1, 0.15) is 5.56 Å². The molecular weight excluding hydrogens is 288 g/mol. The van der Waals surface area contributed by atoms with E-state index in [4.69, 9.17) is 10.00 Å². The number of nitrogens with zero attached hydrogens (tertiary/aromatic N) is 2. The molecule has 0 spiro atoms. The molecule has 2 rings (SSSR count). The minimum absolute atomic E-state index is 0.0972. The van der Waals surface area contributed by atoms with Crippen molar-refractivity contribution in [3.63, 3.8) is 0 Å². The predicted octanol–water partition coefficient (Wildman–Crippen LogP) is 3.64. The maximum absolute atomic E-state index is 10.9. The van der Waals surface area contributed by atoms with Crippen LogP contribution in [0.4, 0.5) is 5.69 Å². The van der Waals surface area contributed by atoms with Crippen molar-refractivity contribution in [1.29, 1.82) is 5.26 Å². The van der Waals surface area contributed by atoms with Gasteiger partial charge in [0.2, 0.25) is 0 Å². The smallest absolute Gasteiger partial charge is 0.282 e. The van der Waals surface area contributed by atoms with Crippen LogP contribution in [0.15, 0.2) is 53.4 Å². The number of benzene rings is 2.